The first kappa shape index (κ1) is 21.7. The summed E-state index contributed by atoms with van der Waals surface area (Å²) < 4.78 is 0. The topological polar surface area (TPSA) is 63.6 Å². The van der Waals surface area contributed by atoms with Crippen LogP contribution in [0.3, 0.4) is 0 Å². The van der Waals surface area contributed by atoms with Crippen molar-refractivity contribution < 1.29 is 74.2 Å². The van der Waals surface area contributed by atoms with Gasteiger partial charge in [0.15, 0.2) is 0 Å². The molecule has 0 aromatic rings. The summed E-state index contributed by atoms with van der Waals surface area (Å²) >= 11 is 0. The number of hydrogen-bond donors (Lipinski definition) is 1. The van der Waals surface area contributed by atoms with Gasteiger partial charge >= 0.3 is 59.1 Å². The molecule has 1 N–H and O–H groups in total. The summed E-state index contributed by atoms with van der Waals surface area (Å²) in [5, 5.41) is 21.1. The van der Waals surface area contributed by atoms with Crippen molar-refractivity contribution in [3.05, 3.63) is 0 Å². The summed E-state index contributed by atoms with van der Waals surface area (Å²) in [5.41, 5.74) is -1.27. The van der Waals surface area contributed by atoms with Gasteiger partial charge in [-0.25, -0.2) is 0 Å². The van der Waals surface area contributed by atoms with E-state index in [2.05, 4.69) is 0 Å². The van der Waals surface area contributed by atoms with Crippen LogP contribution >= 0.6 is 0 Å². The molecule has 0 saturated carbocycles. The summed E-state index contributed by atoms with van der Waals surface area (Å²) in [6.45, 7) is 7.32. The van der Waals surface area contributed by atoms with Gasteiger partial charge in [0.2, 0.25) is 0 Å². The number of nitrogens with zero attached hydrogens (tertiary/aromatic N) is 1. The van der Waals surface area contributed by atoms with E-state index >= 15 is 0 Å². The van der Waals surface area contributed by atoms with Crippen LogP contribution in [0.1, 0.15) is 34.1 Å². The van der Waals surface area contributed by atoms with Gasteiger partial charge < -0.3 is 15.1 Å². The Morgan fingerprint density at radius 1 is 1.47 bits per heavy atom. The van der Waals surface area contributed by atoms with Crippen LogP contribution in [0.25, 0.3) is 0 Å². The van der Waals surface area contributed by atoms with Crippen LogP contribution in [0, 0.1) is 5.92 Å². The van der Waals surface area contributed by atoms with Crippen molar-refractivity contribution in [2.24, 2.45) is 5.92 Å². The average molecular weight is 234 g/mol. The van der Waals surface area contributed by atoms with Crippen LogP contribution in [0.4, 0.5) is 0 Å². The van der Waals surface area contributed by atoms with Gasteiger partial charge in [-0.05, 0) is 19.3 Å². The summed E-state index contributed by atoms with van der Waals surface area (Å²) in [4.78, 5) is 10.8. The Bertz CT molecular complexity index is 190. The molecule has 0 aromatic heterocycles. The number of carboxylic acids is 1. The molecule has 0 aliphatic carbocycles. The molecule has 1 unspecified atom stereocenters. The third-order valence-electron chi connectivity index (χ3n) is 2.24. The zero-order chi connectivity index (χ0) is 10.6. The molecule has 0 aliphatic rings. The zero-order valence-corrected chi connectivity index (χ0v) is 14.7. The Kier molecular flexibility index (Phi) is 13.6. The predicted octanol–water partition coefficient (Wildman–Crippen LogP) is -5.74. The molecule has 0 aliphatic heterocycles. The number of rotatable bonds is 5. The molecule has 4 nitrogen and oxygen atoms in total. The first-order chi connectivity index (χ1) is 5.84. The molecule has 0 spiro atoms. The fraction of sp³-hybridized carbons (Fsp3) is 0.889. The zero-order valence-electron chi connectivity index (χ0n) is 10.7. The van der Waals surface area contributed by atoms with Crippen molar-refractivity contribution >= 4 is 5.97 Å². The van der Waals surface area contributed by atoms with Gasteiger partial charge in [-0.2, -0.15) is 5.06 Å². The Balaban J connectivity index is -0.000000720. The van der Waals surface area contributed by atoms with Gasteiger partial charge in [-0.1, -0.05) is 20.8 Å². The Morgan fingerprint density at radius 2 is 1.87 bits per heavy atom. The van der Waals surface area contributed by atoms with Gasteiger partial charge in [0.25, 0.3) is 0 Å². The van der Waals surface area contributed by atoms with E-state index in [-0.39, 0.29) is 65.0 Å². The maximum atomic E-state index is 10.8. The molecule has 0 heterocycles. The van der Waals surface area contributed by atoms with Gasteiger partial charge in [0.05, 0.1) is 11.5 Å². The molecule has 0 bridgehead atoms. The van der Waals surface area contributed by atoms with E-state index in [1.807, 2.05) is 13.8 Å². The summed E-state index contributed by atoms with van der Waals surface area (Å²) in [6, 6.07) is 0. The molecule has 0 aromatic carbocycles. The largest absolute Gasteiger partial charge is 1.00 e. The van der Waals surface area contributed by atoms with Gasteiger partial charge in [0.1, 0.15) is 0 Å². The first-order valence-electron chi connectivity index (χ1n) is 4.52. The first-order valence-corrected chi connectivity index (χ1v) is 4.52. The van der Waals surface area contributed by atoms with Gasteiger partial charge in [-0.15, -0.1) is 0 Å². The molecule has 0 amide bonds. The SMILES string of the molecule is CCC(C)(C(=O)[O-])N(O)CC(C)C.[Na+].[Na+]. The van der Waals surface area contributed by atoms with E-state index < -0.39 is 11.5 Å². The normalized spacial score (nSPS) is 14.1. The second-order valence-electron chi connectivity index (χ2n) is 3.89. The van der Waals surface area contributed by atoms with Crippen molar-refractivity contribution in [2.75, 3.05) is 6.54 Å². The maximum absolute atomic E-state index is 10.8. The smallest absolute Gasteiger partial charge is 0.548 e. The number of carbonyl (C=O) groups is 1. The van der Waals surface area contributed by atoms with E-state index in [1.54, 1.807) is 6.92 Å². The minimum Gasteiger partial charge on any atom is -0.548 e. The van der Waals surface area contributed by atoms with Crippen LogP contribution in [0.5, 0.6) is 0 Å². The molecular formula is C9H18NNa2O3+. The van der Waals surface area contributed by atoms with Crippen molar-refractivity contribution in [3.8, 4) is 0 Å². The van der Waals surface area contributed by atoms with Crippen LogP contribution in [-0.2, 0) is 4.79 Å². The number of hydrogen-bond acceptors (Lipinski definition) is 4. The van der Waals surface area contributed by atoms with Gasteiger partial charge in [0, 0.05) is 6.54 Å². The number of carbonyl (C=O) groups excluding carboxylic acids is 1. The Morgan fingerprint density at radius 3 is 2.07 bits per heavy atom. The molecule has 78 valence electrons. The molecule has 6 heteroatoms. The van der Waals surface area contributed by atoms with Crippen molar-refractivity contribution in [3.63, 3.8) is 0 Å². The third-order valence-corrected chi connectivity index (χ3v) is 2.24. The predicted molar refractivity (Wildman–Crippen MR) is 47.0 cm³/mol. The van der Waals surface area contributed by atoms with E-state index in [1.165, 1.54) is 6.92 Å². The number of aliphatic carboxylic acids is 1. The van der Waals surface area contributed by atoms with Crippen molar-refractivity contribution in [1.29, 1.82) is 0 Å². The average Bonchev–Trinajstić information content (AvgIpc) is 2.01. The van der Waals surface area contributed by atoms with Crippen molar-refractivity contribution in [2.45, 2.75) is 39.7 Å². The van der Waals surface area contributed by atoms with Crippen molar-refractivity contribution in [1.82, 2.24) is 5.06 Å². The number of carboxylic acid groups (broad SMARTS) is 1. The molecule has 0 radical (unpaired) electrons. The third kappa shape index (κ3) is 6.64. The minimum atomic E-state index is -1.27. The fourth-order valence-corrected chi connectivity index (χ4v) is 0.980. The van der Waals surface area contributed by atoms with Gasteiger partial charge in [-0.3, -0.25) is 0 Å². The van der Waals surface area contributed by atoms with Crippen LogP contribution in [-0.4, -0.2) is 28.3 Å². The molecule has 1 atom stereocenters. The standard InChI is InChI=1S/C9H19NO3.2Na/c1-5-9(4,8(11)12)10(13)6-7(2)3;;/h7,13H,5-6H2,1-4H3,(H,11,12);;/q;2*+1/p-1. The quantitative estimate of drug-likeness (QED) is 0.380. The molecule has 15 heavy (non-hydrogen) atoms. The van der Waals surface area contributed by atoms with E-state index in [0.29, 0.717) is 13.0 Å². The molecule has 0 rings (SSSR count). The second kappa shape index (κ2) is 9.42. The summed E-state index contributed by atoms with van der Waals surface area (Å²) in [5.74, 6) is -1.02. The van der Waals surface area contributed by atoms with Crippen LogP contribution in [0.2, 0.25) is 0 Å². The second-order valence-corrected chi connectivity index (χ2v) is 3.89. The monoisotopic (exact) mass is 234 g/mol. The molecule has 0 fully saturated rings. The minimum absolute atomic E-state index is 0. The van der Waals surface area contributed by atoms with E-state index in [0.717, 1.165) is 5.06 Å². The van der Waals surface area contributed by atoms with Crippen LogP contribution in [0.15, 0.2) is 0 Å². The fourth-order valence-electron chi connectivity index (χ4n) is 0.980. The Hall–Kier alpha value is 1.39. The molecule has 0 saturated heterocycles. The van der Waals surface area contributed by atoms with E-state index in [9.17, 15) is 15.1 Å². The Labute approximate surface area is 136 Å². The molecular weight excluding hydrogens is 216 g/mol. The van der Waals surface area contributed by atoms with E-state index in [4.69, 9.17) is 0 Å². The summed E-state index contributed by atoms with van der Waals surface area (Å²) in [6.07, 6.45) is 0.318. The maximum Gasteiger partial charge on any atom is 1.00 e. The number of hydroxylamine groups is 2. The van der Waals surface area contributed by atoms with Crippen LogP contribution < -0.4 is 64.2 Å². The summed E-state index contributed by atoms with van der Waals surface area (Å²) in [7, 11) is 0.